The summed E-state index contributed by atoms with van der Waals surface area (Å²) in [7, 11) is 1.87. The molecule has 2 aromatic rings. The number of hydrogen-bond acceptors (Lipinski definition) is 4. The van der Waals surface area contributed by atoms with Gasteiger partial charge in [0, 0.05) is 30.4 Å². The maximum atomic E-state index is 11.4. The lowest BCUT2D eigenvalue weighted by Crippen LogP contribution is -2.16. The average Bonchev–Trinajstić information content (AvgIpc) is 2.49. The van der Waals surface area contributed by atoms with Crippen LogP contribution in [-0.2, 0) is 6.54 Å². The van der Waals surface area contributed by atoms with Gasteiger partial charge in [0.1, 0.15) is 5.75 Å². The molecule has 1 N–H and O–H groups in total. The Labute approximate surface area is 123 Å². The quantitative estimate of drug-likeness (QED) is 0.874. The van der Waals surface area contributed by atoms with E-state index >= 15 is 0 Å². The second kappa shape index (κ2) is 6.10. The maximum Gasteiger partial charge on any atom is 0.159 e. The van der Waals surface area contributed by atoms with Gasteiger partial charge in [-0.25, -0.2) is 0 Å². The number of Topliss-reactive ketones (excluding diaryl/α,β-unsaturated/α-hetero) is 1. The maximum absolute atomic E-state index is 11.4. The fourth-order valence-electron chi connectivity index (χ4n) is 2.09. The van der Waals surface area contributed by atoms with E-state index in [1.54, 1.807) is 24.3 Å². The number of ketones is 1. The minimum Gasteiger partial charge on any atom is -0.508 e. The van der Waals surface area contributed by atoms with Crippen molar-refractivity contribution in [1.82, 2.24) is 0 Å². The van der Waals surface area contributed by atoms with Crippen molar-refractivity contribution in [2.24, 2.45) is 0 Å². The largest absolute Gasteiger partial charge is 0.508 e. The van der Waals surface area contributed by atoms with Crippen LogP contribution in [0.1, 0.15) is 28.4 Å². The summed E-state index contributed by atoms with van der Waals surface area (Å²) in [6, 6.07) is 14.2. The molecule has 2 rings (SSSR count). The number of phenols is 1. The van der Waals surface area contributed by atoms with Crippen LogP contribution in [0.15, 0.2) is 42.5 Å². The Morgan fingerprint density at radius 3 is 2.71 bits per heavy atom. The van der Waals surface area contributed by atoms with E-state index in [1.165, 1.54) is 13.0 Å². The van der Waals surface area contributed by atoms with Crippen LogP contribution in [0.25, 0.3) is 0 Å². The molecular weight excluding hydrogens is 264 g/mol. The molecule has 2 aromatic carbocycles. The molecule has 0 unspecified atom stereocenters. The van der Waals surface area contributed by atoms with E-state index in [9.17, 15) is 9.90 Å². The van der Waals surface area contributed by atoms with Gasteiger partial charge in [0.15, 0.2) is 5.78 Å². The lowest BCUT2D eigenvalue weighted by atomic mass is 10.1. The van der Waals surface area contributed by atoms with Gasteiger partial charge in [0.2, 0.25) is 0 Å². The van der Waals surface area contributed by atoms with E-state index in [1.807, 2.05) is 24.1 Å². The first-order valence-electron chi connectivity index (χ1n) is 6.55. The average molecular weight is 280 g/mol. The van der Waals surface area contributed by atoms with Crippen molar-refractivity contribution in [2.45, 2.75) is 13.5 Å². The van der Waals surface area contributed by atoms with Crippen molar-refractivity contribution >= 4 is 11.5 Å². The number of rotatable bonds is 4. The summed E-state index contributed by atoms with van der Waals surface area (Å²) in [6.45, 7) is 1.94. The van der Waals surface area contributed by atoms with E-state index in [4.69, 9.17) is 5.26 Å². The Kier molecular flexibility index (Phi) is 4.24. The van der Waals surface area contributed by atoms with Gasteiger partial charge in [-0.3, -0.25) is 4.79 Å². The molecule has 0 aliphatic carbocycles. The Balaban J connectivity index is 2.26. The Morgan fingerprint density at radius 2 is 2.05 bits per heavy atom. The molecule has 4 heteroatoms. The third-order valence-electron chi connectivity index (χ3n) is 3.31. The van der Waals surface area contributed by atoms with Gasteiger partial charge in [-0.15, -0.1) is 0 Å². The van der Waals surface area contributed by atoms with E-state index in [0.717, 1.165) is 5.69 Å². The van der Waals surface area contributed by atoms with Crippen molar-refractivity contribution in [3.05, 3.63) is 59.2 Å². The highest BCUT2D eigenvalue weighted by atomic mass is 16.3. The van der Waals surface area contributed by atoms with Gasteiger partial charge in [-0.05, 0) is 43.3 Å². The predicted octanol–water partition coefficient (Wildman–Crippen LogP) is 3.10. The highest BCUT2D eigenvalue weighted by molar-refractivity contribution is 5.94. The second-order valence-corrected chi connectivity index (χ2v) is 4.92. The number of nitriles is 1. The number of anilines is 1. The van der Waals surface area contributed by atoms with Crippen LogP contribution in [0.4, 0.5) is 5.69 Å². The van der Waals surface area contributed by atoms with Crippen molar-refractivity contribution < 1.29 is 9.90 Å². The van der Waals surface area contributed by atoms with E-state index in [0.29, 0.717) is 23.2 Å². The highest BCUT2D eigenvalue weighted by Crippen LogP contribution is 2.23. The fourth-order valence-corrected chi connectivity index (χ4v) is 2.09. The number of benzene rings is 2. The molecule has 0 bridgehead atoms. The van der Waals surface area contributed by atoms with E-state index in [2.05, 4.69) is 6.07 Å². The minimum atomic E-state index is -0.0367. The standard InChI is InChI=1S/C17H16N2O2/c1-12(20)14-6-7-17(21)15(9-14)11-19(2)16-5-3-4-13(8-16)10-18/h3-9,21H,11H2,1-2H3. The molecule has 21 heavy (non-hydrogen) atoms. The van der Waals surface area contributed by atoms with Gasteiger partial charge < -0.3 is 10.0 Å². The number of carbonyl (C=O) groups excluding carboxylic acids is 1. The highest BCUT2D eigenvalue weighted by Gasteiger charge is 2.09. The van der Waals surface area contributed by atoms with E-state index < -0.39 is 0 Å². The van der Waals surface area contributed by atoms with Gasteiger partial charge >= 0.3 is 0 Å². The third kappa shape index (κ3) is 3.40. The van der Waals surface area contributed by atoms with Crippen molar-refractivity contribution in [3.8, 4) is 11.8 Å². The molecule has 0 aliphatic heterocycles. The minimum absolute atomic E-state index is 0.0367. The molecule has 0 fully saturated rings. The van der Waals surface area contributed by atoms with Crippen LogP contribution < -0.4 is 4.90 Å². The zero-order chi connectivity index (χ0) is 15.4. The normalized spacial score (nSPS) is 9.95. The lowest BCUT2D eigenvalue weighted by molar-refractivity contribution is 0.101. The van der Waals surface area contributed by atoms with Crippen LogP contribution in [0.2, 0.25) is 0 Å². The number of nitrogens with zero attached hydrogens (tertiary/aromatic N) is 2. The van der Waals surface area contributed by atoms with Crippen molar-refractivity contribution in [3.63, 3.8) is 0 Å². The molecule has 0 spiro atoms. The first-order valence-corrected chi connectivity index (χ1v) is 6.55. The van der Waals surface area contributed by atoms with Gasteiger partial charge in [0.25, 0.3) is 0 Å². The van der Waals surface area contributed by atoms with Crippen LogP contribution in [0.3, 0.4) is 0 Å². The Bertz CT molecular complexity index is 717. The summed E-state index contributed by atoms with van der Waals surface area (Å²) in [6.07, 6.45) is 0. The van der Waals surface area contributed by atoms with Gasteiger partial charge in [-0.1, -0.05) is 6.07 Å². The van der Waals surface area contributed by atoms with E-state index in [-0.39, 0.29) is 11.5 Å². The number of hydrogen-bond donors (Lipinski definition) is 1. The first-order chi connectivity index (χ1) is 10.0. The number of aromatic hydroxyl groups is 1. The molecule has 0 saturated carbocycles. The smallest absolute Gasteiger partial charge is 0.159 e. The second-order valence-electron chi connectivity index (χ2n) is 4.92. The van der Waals surface area contributed by atoms with Gasteiger partial charge in [-0.2, -0.15) is 5.26 Å². The SMILES string of the molecule is CC(=O)c1ccc(O)c(CN(C)c2cccc(C#N)c2)c1. The molecule has 0 amide bonds. The summed E-state index contributed by atoms with van der Waals surface area (Å²) in [5, 5.41) is 18.9. The Morgan fingerprint density at radius 1 is 1.29 bits per heavy atom. The van der Waals surface area contributed by atoms with Crippen molar-refractivity contribution in [2.75, 3.05) is 11.9 Å². The molecule has 0 atom stereocenters. The van der Waals surface area contributed by atoms with Crippen LogP contribution in [-0.4, -0.2) is 17.9 Å². The number of carbonyl (C=O) groups is 1. The Hall–Kier alpha value is -2.80. The van der Waals surface area contributed by atoms with Crippen LogP contribution >= 0.6 is 0 Å². The molecule has 0 aliphatic rings. The summed E-state index contributed by atoms with van der Waals surface area (Å²) in [4.78, 5) is 13.3. The molecule has 4 nitrogen and oxygen atoms in total. The summed E-state index contributed by atoms with van der Waals surface area (Å²) in [5.41, 5.74) is 2.71. The lowest BCUT2D eigenvalue weighted by Gasteiger charge is -2.20. The summed E-state index contributed by atoms with van der Waals surface area (Å²) < 4.78 is 0. The molecule has 0 aromatic heterocycles. The van der Waals surface area contributed by atoms with Crippen LogP contribution in [0.5, 0.6) is 5.75 Å². The molecule has 0 saturated heterocycles. The monoisotopic (exact) mass is 280 g/mol. The van der Waals surface area contributed by atoms with Crippen molar-refractivity contribution in [1.29, 1.82) is 5.26 Å². The molecular formula is C17H16N2O2. The number of phenolic OH excluding ortho intramolecular Hbond substituents is 1. The molecule has 106 valence electrons. The third-order valence-corrected chi connectivity index (χ3v) is 3.31. The first kappa shape index (κ1) is 14.6. The zero-order valence-corrected chi connectivity index (χ0v) is 12.0. The molecule has 0 radical (unpaired) electrons. The van der Waals surface area contributed by atoms with Crippen LogP contribution in [0, 0.1) is 11.3 Å². The predicted molar refractivity (Wildman–Crippen MR) is 81.4 cm³/mol. The topological polar surface area (TPSA) is 64.3 Å². The fraction of sp³-hybridized carbons (Fsp3) is 0.176. The van der Waals surface area contributed by atoms with Gasteiger partial charge in [0.05, 0.1) is 11.6 Å². The summed E-state index contributed by atoms with van der Waals surface area (Å²) >= 11 is 0. The zero-order valence-electron chi connectivity index (χ0n) is 12.0. The summed E-state index contributed by atoms with van der Waals surface area (Å²) in [5.74, 6) is 0.119. The molecule has 0 heterocycles.